The molecule has 5 aromatic rings. The molecule has 4 aliphatic rings. The highest BCUT2D eigenvalue weighted by Crippen LogP contribution is 2.39. The van der Waals surface area contributed by atoms with Crippen LogP contribution in [0.1, 0.15) is 83.8 Å². The van der Waals surface area contributed by atoms with Crippen molar-refractivity contribution in [3.8, 4) is 28.6 Å². The molecule has 490 valence electrons. The minimum atomic E-state index is -1.85. The molecule has 2 fully saturated rings. The van der Waals surface area contributed by atoms with Gasteiger partial charge >= 0.3 is 11.9 Å². The van der Waals surface area contributed by atoms with Crippen LogP contribution in [0.3, 0.4) is 0 Å². The van der Waals surface area contributed by atoms with Gasteiger partial charge in [-0.05, 0) is 163 Å². The molecule has 14 atom stereocenters. The predicted octanol–water partition coefficient (Wildman–Crippen LogP) is 2.93. The van der Waals surface area contributed by atoms with Crippen LogP contribution >= 0.6 is 24.4 Å². The number of hydrogen-bond acceptors (Lipinski definition) is 21. The number of aliphatic hydroxyl groups excluding tert-OH is 4. The molecule has 26 nitrogen and oxygen atoms in total. The Morgan fingerprint density at radius 3 is 1.88 bits per heavy atom. The summed E-state index contributed by atoms with van der Waals surface area (Å²) in [7, 11) is 2.76. The maximum absolute atomic E-state index is 14.5. The van der Waals surface area contributed by atoms with E-state index in [0.29, 0.717) is 83.7 Å². The summed E-state index contributed by atoms with van der Waals surface area (Å²) in [5, 5.41) is 61.5. The molecule has 3 aromatic carbocycles. The quantitative estimate of drug-likeness (QED) is 0.0223. The lowest BCUT2D eigenvalue weighted by molar-refractivity contribution is -0.273. The summed E-state index contributed by atoms with van der Waals surface area (Å²) < 4.78 is 46.9. The van der Waals surface area contributed by atoms with Crippen LogP contribution in [0.4, 0.5) is 11.4 Å². The van der Waals surface area contributed by atoms with Crippen LogP contribution in [0, 0.1) is 0 Å². The van der Waals surface area contributed by atoms with Crippen LogP contribution in [0.5, 0.6) is 17.2 Å². The molecule has 4 aliphatic heterocycles. The highest BCUT2D eigenvalue weighted by atomic mass is 32.1. The summed E-state index contributed by atoms with van der Waals surface area (Å²) in [5.41, 5.74) is 7.70. The molecule has 28 heteroatoms. The fraction of sp³-hybridized carbons (Fsp3) is 0.492. The van der Waals surface area contributed by atoms with Gasteiger partial charge in [-0.15, -0.1) is 0 Å². The maximum atomic E-state index is 14.5. The summed E-state index contributed by atoms with van der Waals surface area (Å²) in [4.78, 5) is 75.5. The maximum Gasteiger partial charge on any atom is 0.356 e. The van der Waals surface area contributed by atoms with E-state index in [1.165, 1.54) is 25.7 Å². The van der Waals surface area contributed by atoms with Gasteiger partial charge < -0.3 is 96.0 Å². The van der Waals surface area contributed by atoms with E-state index < -0.39 is 114 Å². The second kappa shape index (κ2) is 30.3. The number of esters is 2. The van der Waals surface area contributed by atoms with Crippen LogP contribution in [0.15, 0.2) is 89.7 Å². The van der Waals surface area contributed by atoms with E-state index in [1.54, 1.807) is 75.4 Å². The standard InChI is InChI=1S/C63H79N9O17S2/c1-7-63(30-36-29-45-46-37(28-35-14-8-9-15-42(35)69-46)31-72(45)56(79)51(36)88-60(63)81)89-57(80)32(2)66-54(77)43(16-10-12-26-64)70-55(78)44(71-62(91)68-39-20-24-41(25-21-39)87-59-50(76)53(83-6)48(74)34(4)85-59)17-11-13-27-65-61(90)67-38-18-22-40(23-19-38)86-58-49(75)52(82-5)47(73)33(3)84-58/h8-9,14-15,18-25,28-29,32-34,43-44,47-50,52-53,58-59,73-76H,7,10-13,16-17,26-27,30-31,64H2,1-6H3,(H,66,77)(H,70,78)(H2,65,67,90)(H2,68,71,91)/t32-,33-,34-,43-,44-,47+,48+,49-,50-,52+,53+,58+,59+,63-/m0/s1. The highest BCUT2D eigenvalue weighted by molar-refractivity contribution is 7.80. The highest BCUT2D eigenvalue weighted by Gasteiger charge is 2.50. The van der Waals surface area contributed by atoms with E-state index in [0.717, 1.165) is 16.5 Å². The van der Waals surface area contributed by atoms with Crippen molar-refractivity contribution in [1.29, 1.82) is 0 Å². The first-order valence-corrected chi connectivity index (χ1v) is 31.1. The van der Waals surface area contributed by atoms with E-state index in [-0.39, 0.29) is 43.1 Å². The number of aromatic nitrogens is 2. The molecule has 0 unspecified atom stereocenters. The van der Waals surface area contributed by atoms with Crippen molar-refractivity contribution in [3.05, 3.63) is 106 Å². The van der Waals surface area contributed by atoms with Crippen molar-refractivity contribution in [2.75, 3.05) is 37.9 Å². The number of nitrogens with two attached hydrogens (primary N) is 1. The number of rotatable bonds is 25. The molecule has 2 aromatic heterocycles. The number of pyridine rings is 2. The molecule has 91 heavy (non-hydrogen) atoms. The molecule has 0 aliphatic carbocycles. The van der Waals surface area contributed by atoms with Crippen molar-refractivity contribution in [1.82, 2.24) is 30.8 Å². The Labute approximate surface area is 536 Å². The molecule has 9 rings (SSSR count). The second-order valence-electron chi connectivity index (χ2n) is 23.0. The van der Waals surface area contributed by atoms with Gasteiger partial charge in [0, 0.05) is 55.1 Å². The summed E-state index contributed by atoms with van der Waals surface area (Å²) in [6.45, 7) is 7.27. The zero-order valence-electron chi connectivity index (χ0n) is 51.3. The number of nitrogens with zero attached hydrogens (tertiary/aromatic N) is 2. The number of ether oxygens (including phenoxy) is 8. The number of methoxy groups -OCH3 is 2. The predicted molar refractivity (Wildman–Crippen MR) is 341 cm³/mol. The molecule has 0 bridgehead atoms. The lowest BCUT2D eigenvalue weighted by atomic mass is 9.88. The van der Waals surface area contributed by atoms with E-state index >= 15 is 0 Å². The van der Waals surface area contributed by atoms with Crippen molar-refractivity contribution in [2.45, 2.75) is 171 Å². The number of carbonyl (C=O) groups is 4. The molecule has 0 saturated carbocycles. The zero-order chi connectivity index (χ0) is 65.3. The fourth-order valence-corrected chi connectivity index (χ4v) is 11.8. The van der Waals surface area contributed by atoms with E-state index in [9.17, 15) is 44.4 Å². The lowest BCUT2D eigenvalue weighted by Gasteiger charge is -2.40. The molecule has 2 saturated heterocycles. The Balaban J connectivity index is 0.832. The van der Waals surface area contributed by atoms with Crippen LogP contribution < -0.4 is 57.4 Å². The fourth-order valence-electron chi connectivity index (χ4n) is 11.3. The Morgan fingerprint density at radius 1 is 0.736 bits per heavy atom. The third kappa shape index (κ3) is 15.9. The Kier molecular flexibility index (Phi) is 22.6. The first-order chi connectivity index (χ1) is 43.6. The number of benzene rings is 3. The van der Waals surface area contributed by atoms with Crippen LogP contribution in [0.2, 0.25) is 0 Å². The van der Waals surface area contributed by atoms with Gasteiger partial charge in [0.05, 0.1) is 35.7 Å². The number of aliphatic hydroxyl groups is 4. The summed E-state index contributed by atoms with van der Waals surface area (Å²) in [6.07, 6.45) is -8.00. The second-order valence-corrected chi connectivity index (χ2v) is 23.8. The van der Waals surface area contributed by atoms with Gasteiger partial charge in [-0.2, -0.15) is 0 Å². The lowest BCUT2D eigenvalue weighted by Crippen LogP contribution is -2.59. The van der Waals surface area contributed by atoms with Crippen molar-refractivity contribution >= 4 is 80.7 Å². The van der Waals surface area contributed by atoms with Gasteiger partial charge in [-0.25, -0.2) is 14.6 Å². The summed E-state index contributed by atoms with van der Waals surface area (Å²) in [5.74, 6) is -2.63. The smallest absolute Gasteiger partial charge is 0.356 e. The molecule has 12 N–H and O–H groups in total. The largest absolute Gasteiger partial charge is 0.462 e. The third-order valence-corrected chi connectivity index (χ3v) is 17.0. The Morgan fingerprint density at radius 2 is 1.30 bits per heavy atom. The number of nitrogens with one attached hydrogen (secondary N) is 6. The normalized spacial score (nSPS) is 25.0. The van der Waals surface area contributed by atoms with E-state index in [4.69, 9.17) is 73.0 Å². The average molecular weight is 1300 g/mol. The first kappa shape index (κ1) is 67.9. The number of thiocarbonyl (C=S) groups is 2. The Bertz CT molecular complexity index is 3490. The van der Waals surface area contributed by atoms with E-state index in [2.05, 4.69) is 31.9 Å². The number of para-hydroxylation sites is 1. The van der Waals surface area contributed by atoms with Gasteiger partial charge in [0.15, 0.2) is 16.0 Å². The van der Waals surface area contributed by atoms with Gasteiger partial charge in [0.25, 0.3) is 5.56 Å². The van der Waals surface area contributed by atoms with Crippen LogP contribution in [-0.2, 0) is 55.8 Å². The summed E-state index contributed by atoms with van der Waals surface area (Å²) >= 11 is 11.3. The number of anilines is 2. The van der Waals surface area contributed by atoms with Gasteiger partial charge in [-0.3, -0.25) is 19.0 Å². The molecule has 2 amide bonds. The van der Waals surface area contributed by atoms with Gasteiger partial charge in [-0.1, -0.05) is 25.1 Å². The molecule has 0 radical (unpaired) electrons. The van der Waals surface area contributed by atoms with Crippen LogP contribution in [0.25, 0.3) is 22.3 Å². The minimum Gasteiger partial charge on any atom is -0.462 e. The number of hydrogen-bond donors (Lipinski definition) is 11. The molecular weight excluding hydrogens is 1220 g/mol. The number of unbranched alkanes of at least 4 members (excludes halogenated alkanes) is 2. The van der Waals surface area contributed by atoms with Gasteiger partial charge in [0.2, 0.25) is 30.0 Å². The zero-order valence-corrected chi connectivity index (χ0v) is 52.9. The molecule has 6 heterocycles. The first-order valence-electron chi connectivity index (χ1n) is 30.3. The number of amides is 2. The third-order valence-electron chi connectivity index (χ3n) is 16.6. The van der Waals surface area contributed by atoms with Crippen LogP contribution in [-0.4, -0.2) is 176 Å². The molecular formula is C63H79N9O17S2. The minimum absolute atomic E-state index is 0.0276. The number of fused-ring (bicyclic) bond motifs is 5. The Hall–Kier alpha value is -7.48. The molecule has 0 spiro atoms. The average Bonchev–Trinajstić information content (AvgIpc) is 1.66. The number of carbonyl (C=O) groups excluding carboxylic acids is 4. The van der Waals surface area contributed by atoms with Crippen molar-refractivity contribution < 1.29 is 77.5 Å². The topological polar surface area (TPSA) is 356 Å². The van der Waals surface area contributed by atoms with Crippen molar-refractivity contribution in [2.24, 2.45) is 5.73 Å². The summed E-state index contributed by atoms with van der Waals surface area (Å²) in [6, 6.07) is 21.1. The van der Waals surface area contributed by atoms with Gasteiger partial charge in [0.1, 0.15) is 66.2 Å². The van der Waals surface area contributed by atoms with E-state index in [1.807, 2.05) is 30.3 Å². The SMILES string of the molecule is CC[C@]1(OC(=O)[C@H](C)NC(=O)[C@H](CCCCN)NC(=O)[C@H](CCCCNC(=S)Nc2ccc(O[C@H]3O[C@@H](C)[C@@H](O)[C@@H](OC)[C@@H]3O)cc2)NC(=S)Nc2ccc(O[C@H]3O[C@@H](C)[C@@H](O)[C@@H](OC)[C@@H]3O)cc2)Cc2cc3n(c(=O)c2OC1=O)Cc1cc2ccccc2nc1-3. The van der Waals surface area contributed by atoms with Crippen molar-refractivity contribution in [3.63, 3.8) is 0 Å². The monoisotopic (exact) mass is 1300 g/mol.